The van der Waals surface area contributed by atoms with Gasteiger partial charge in [-0.15, -0.1) is 0 Å². The summed E-state index contributed by atoms with van der Waals surface area (Å²) < 4.78 is 2.75. The molecule has 1 atom stereocenters. The Morgan fingerprint density at radius 1 is 1.67 bits per heavy atom. The third-order valence-electron chi connectivity index (χ3n) is 3.08. The van der Waals surface area contributed by atoms with Crippen molar-refractivity contribution in [2.24, 2.45) is 12.8 Å². The van der Waals surface area contributed by atoms with Crippen LogP contribution >= 0.6 is 15.9 Å². The molecule has 1 aliphatic rings. The van der Waals surface area contributed by atoms with Gasteiger partial charge in [-0.3, -0.25) is 4.68 Å². The molecule has 1 aliphatic carbocycles. The molecule has 1 heterocycles. The Balaban J connectivity index is 2.46. The van der Waals surface area contributed by atoms with E-state index in [0.29, 0.717) is 13.0 Å². The van der Waals surface area contributed by atoms with E-state index in [9.17, 15) is 5.11 Å². The van der Waals surface area contributed by atoms with Crippen molar-refractivity contribution in [1.82, 2.24) is 9.78 Å². The first-order chi connectivity index (χ1) is 7.08. The number of nitrogens with zero attached hydrogens (tertiary/aromatic N) is 2. The first-order valence-corrected chi connectivity index (χ1v) is 6.02. The lowest BCUT2D eigenvalue weighted by molar-refractivity contribution is 0.00790. The lowest BCUT2D eigenvalue weighted by Crippen LogP contribution is -2.33. The van der Waals surface area contributed by atoms with Gasteiger partial charge in [-0.2, -0.15) is 5.10 Å². The molecular formula is C10H16BrN3O. The molecule has 5 heteroatoms. The molecule has 1 aromatic rings. The minimum atomic E-state index is -0.813. The van der Waals surface area contributed by atoms with Gasteiger partial charge in [-0.1, -0.05) is 0 Å². The number of aromatic nitrogens is 2. The van der Waals surface area contributed by atoms with Crippen LogP contribution in [0.3, 0.4) is 0 Å². The molecule has 0 saturated carbocycles. The van der Waals surface area contributed by atoms with E-state index in [1.54, 1.807) is 4.68 Å². The summed E-state index contributed by atoms with van der Waals surface area (Å²) >= 11 is 3.50. The van der Waals surface area contributed by atoms with Crippen LogP contribution in [0.4, 0.5) is 0 Å². The average molecular weight is 274 g/mol. The number of aliphatic hydroxyl groups is 1. The van der Waals surface area contributed by atoms with Crippen LogP contribution in [-0.2, 0) is 19.1 Å². The summed E-state index contributed by atoms with van der Waals surface area (Å²) in [5.41, 5.74) is 6.68. The van der Waals surface area contributed by atoms with Gasteiger partial charge < -0.3 is 10.8 Å². The molecule has 15 heavy (non-hydrogen) atoms. The average Bonchev–Trinajstić information content (AvgIpc) is 2.47. The maximum Gasteiger partial charge on any atom is 0.110 e. The van der Waals surface area contributed by atoms with Crippen molar-refractivity contribution < 1.29 is 5.11 Å². The van der Waals surface area contributed by atoms with E-state index in [-0.39, 0.29) is 0 Å². The fourth-order valence-electron chi connectivity index (χ4n) is 2.30. The Hall–Kier alpha value is -0.390. The standard InChI is InChI=1S/C10H16BrN3O/c1-14-9(11)7-3-2-4-10(15,5-6-12)8(7)13-14/h15H,2-6,12H2,1H3. The minimum Gasteiger partial charge on any atom is -0.383 e. The number of hydrogen-bond donors (Lipinski definition) is 2. The second-order valence-electron chi connectivity index (χ2n) is 4.17. The van der Waals surface area contributed by atoms with E-state index in [4.69, 9.17) is 5.73 Å². The number of halogens is 1. The van der Waals surface area contributed by atoms with Crippen molar-refractivity contribution >= 4 is 15.9 Å². The number of hydrogen-bond acceptors (Lipinski definition) is 3. The number of aryl methyl sites for hydroxylation is 1. The zero-order chi connectivity index (χ0) is 11.1. The third kappa shape index (κ3) is 1.73. The molecule has 84 valence electrons. The predicted molar refractivity (Wildman–Crippen MR) is 61.4 cm³/mol. The fourth-order valence-corrected chi connectivity index (χ4v) is 2.77. The monoisotopic (exact) mass is 273 g/mol. The molecule has 0 saturated heterocycles. The molecule has 0 aliphatic heterocycles. The predicted octanol–water partition coefficient (Wildman–Crippen LogP) is 1.06. The molecule has 1 unspecified atom stereocenters. The number of nitrogens with two attached hydrogens (primary N) is 1. The van der Waals surface area contributed by atoms with Crippen molar-refractivity contribution in [2.75, 3.05) is 6.54 Å². The molecule has 4 nitrogen and oxygen atoms in total. The Morgan fingerprint density at radius 3 is 3.07 bits per heavy atom. The van der Waals surface area contributed by atoms with Gasteiger partial charge in [0, 0.05) is 12.6 Å². The highest BCUT2D eigenvalue weighted by Crippen LogP contribution is 2.39. The van der Waals surface area contributed by atoms with Gasteiger partial charge in [0.25, 0.3) is 0 Å². The Kier molecular flexibility index (Phi) is 2.87. The summed E-state index contributed by atoms with van der Waals surface area (Å²) in [5.74, 6) is 0. The Morgan fingerprint density at radius 2 is 2.40 bits per heavy atom. The highest BCUT2D eigenvalue weighted by molar-refractivity contribution is 9.10. The maximum atomic E-state index is 10.5. The number of rotatable bonds is 2. The zero-order valence-corrected chi connectivity index (χ0v) is 10.4. The molecule has 0 fully saturated rings. The van der Waals surface area contributed by atoms with Crippen LogP contribution in [0.15, 0.2) is 4.60 Å². The van der Waals surface area contributed by atoms with Gasteiger partial charge in [0.15, 0.2) is 0 Å². The van der Waals surface area contributed by atoms with E-state index >= 15 is 0 Å². The Labute approximate surface area is 97.6 Å². The summed E-state index contributed by atoms with van der Waals surface area (Å²) in [6.07, 6.45) is 3.33. The van der Waals surface area contributed by atoms with Gasteiger partial charge in [0.2, 0.25) is 0 Å². The van der Waals surface area contributed by atoms with Crippen LogP contribution in [0, 0.1) is 0 Å². The van der Waals surface area contributed by atoms with Crippen molar-refractivity contribution in [3.8, 4) is 0 Å². The highest BCUT2D eigenvalue weighted by atomic mass is 79.9. The van der Waals surface area contributed by atoms with Crippen LogP contribution in [0.5, 0.6) is 0 Å². The second kappa shape index (κ2) is 3.88. The first-order valence-electron chi connectivity index (χ1n) is 5.23. The van der Waals surface area contributed by atoms with Gasteiger partial charge in [-0.05, 0) is 48.2 Å². The fraction of sp³-hybridized carbons (Fsp3) is 0.700. The summed E-state index contributed by atoms with van der Waals surface area (Å²) in [6.45, 7) is 0.490. The molecule has 0 bridgehead atoms. The zero-order valence-electron chi connectivity index (χ0n) is 8.83. The van der Waals surface area contributed by atoms with Gasteiger partial charge >= 0.3 is 0 Å². The summed E-state index contributed by atoms with van der Waals surface area (Å²) in [7, 11) is 1.88. The van der Waals surface area contributed by atoms with Crippen LogP contribution in [0.25, 0.3) is 0 Å². The van der Waals surface area contributed by atoms with Gasteiger partial charge in [0.05, 0.1) is 5.69 Å². The molecule has 0 spiro atoms. The van der Waals surface area contributed by atoms with Crippen molar-refractivity contribution in [3.63, 3.8) is 0 Å². The van der Waals surface area contributed by atoms with Crippen LogP contribution in [0.1, 0.15) is 30.5 Å². The van der Waals surface area contributed by atoms with Gasteiger partial charge in [0.1, 0.15) is 10.2 Å². The van der Waals surface area contributed by atoms with Crippen molar-refractivity contribution in [3.05, 3.63) is 15.9 Å². The number of fused-ring (bicyclic) bond motifs is 1. The smallest absolute Gasteiger partial charge is 0.110 e. The summed E-state index contributed by atoms with van der Waals surface area (Å²) in [6, 6.07) is 0. The molecule has 0 aromatic carbocycles. The topological polar surface area (TPSA) is 64.1 Å². The quantitative estimate of drug-likeness (QED) is 0.847. The summed E-state index contributed by atoms with van der Waals surface area (Å²) in [4.78, 5) is 0. The van der Waals surface area contributed by atoms with E-state index in [1.165, 1.54) is 0 Å². The lowest BCUT2D eigenvalue weighted by Gasteiger charge is -2.30. The molecule has 3 N–H and O–H groups in total. The Bertz CT molecular complexity index is 377. The van der Waals surface area contributed by atoms with E-state index in [0.717, 1.165) is 35.1 Å². The maximum absolute atomic E-state index is 10.5. The van der Waals surface area contributed by atoms with Crippen LogP contribution < -0.4 is 5.73 Å². The molecule has 0 radical (unpaired) electrons. The lowest BCUT2D eigenvalue weighted by atomic mass is 9.82. The van der Waals surface area contributed by atoms with E-state index in [2.05, 4.69) is 21.0 Å². The van der Waals surface area contributed by atoms with Crippen LogP contribution in [0.2, 0.25) is 0 Å². The van der Waals surface area contributed by atoms with E-state index in [1.807, 2.05) is 7.05 Å². The second-order valence-corrected chi connectivity index (χ2v) is 4.92. The van der Waals surface area contributed by atoms with Crippen molar-refractivity contribution in [1.29, 1.82) is 0 Å². The normalized spacial score (nSPS) is 25.3. The molecule has 1 aromatic heterocycles. The summed E-state index contributed by atoms with van der Waals surface area (Å²) in [5, 5.41) is 14.9. The largest absolute Gasteiger partial charge is 0.383 e. The molecule has 0 amide bonds. The van der Waals surface area contributed by atoms with Crippen LogP contribution in [-0.4, -0.2) is 21.4 Å². The third-order valence-corrected chi connectivity index (χ3v) is 4.08. The molecule has 2 rings (SSSR count). The highest BCUT2D eigenvalue weighted by Gasteiger charge is 2.37. The molecular weight excluding hydrogens is 258 g/mol. The van der Waals surface area contributed by atoms with E-state index < -0.39 is 5.60 Å². The minimum absolute atomic E-state index is 0.490. The van der Waals surface area contributed by atoms with Crippen molar-refractivity contribution in [2.45, 2.75) is 31.3 Å². The SMILES string of the molecule is Cn1nc2c(c1Br)CCCC2(O)CCN. The first kappa shape index (κ1) is 11.1. The van der Waals surface area contributed by atoms with Gasteiger partial charge in [-0.25, -0.2) is 0 Å².